The predicted molar refractivity (Wildman–Crippen MR) is 100 cm³/mol. The van der Waals surface area contributed by atoms with Gasteiger partial charge < -0.3 is 10.3 Å². The molecule has 6 heteroatoms. The maximum absolute atomic E-state index is 12.7. The van der Waals surface area contributed by atoms with E-state index < -0.39 is 6.04 Å². The molecule has 26 heavy (non-hydrogen) atoms. The van der Waals surface area contributed by atoms with E-state index in [4.69, 9.17) is 0 Å². The van der Waals surface area contributed by atoms with Gasteiger partial charge in [0.25, 0.3) is 5.56 Å². The zero-order chi connectivity index (χ0) is 18.5. The Bertz CT molecular complexity index is 803. The summed E-state index contributed by atoms with van der Waals surface area (Å²) in [7, 11) is 0. The fourth-order valence-corrected chi connectivity index (χ4v) is 3.65. The van der Waals surface area contributed by atoms with Crippen molar-refractivity contribution in [3.05, 3.63) is 46.4 Å². The minimum atomic E-state index is -0.419. The number of aromatic nitrogens is 3. The van der Waals surface area contributed by atoms with Crippen molar-refractivity contribution < 1.29 is 4.79 Å². The minimum absolute atomic E-state index is 0.0217. The molecule has 2 aromatic rings. The van der Waals surface area contributed by atoms with E-state index in [0.29, 0.717) is 18.2 Å². The number of carbonyl (C=O) groups is 1. The van der Waals surface area contributed by atoms with Crippen LogP contribution in [0.4, 0.5) is 0 Å². The number of nitrogens with one attached hydrogen (secondary N) is 2. The Hall–Kier alpha value is -2.50. The third kappa shape index (κ3) is 4.00. The lowest BCUT2D eigenvalue weighted by Gasteiger charge is -2.29. The van der Waals surface area contributed by atoms with Crippen molar-refractivity contribution in [3.63, 3.8) is 0 Å². The summed E-state index contributed by atoms with van der Waals surface area (Å²) in [6.45, 7) is 4.06. The number of aromatic amines is 1. The van der Waals surface area contributed by atoms with Gasteiger partial charge in [-0.2, -0.15) is 0 Å². The van der Waals surface area contributed by atoms with Crippen LogP contribution in [0.15, 0.2) is 35.1 Å². The maximum atomic E-state index is 12.7. The average molecular weight is 354 g/mol. The smallest absolute Gasteiger partial charge is 0.275 e. The van der Waals surface area contributed by atoms with Gasteiger partial charge in [-0.3, -0.25) is 9.59 Å². The molecule has 1 amide bonds. The fourth-order valence-electron chi connectivity index (χ4n) is 3.65. The molecule has 6 nitrogen and oxygen atoms in total. The zero-order valence-electron chi connectivity index (χ0n) is 15.4. The standard InChI is InChI=1S/C20H26N4O2/c1-3-16(21-19(25)15-12-8-7-9-13(15)2)17-20(26)22-18(24-23-17)14-10-5-4-6-11-14/h4-6,10-11,13,15-16H,3,7-9,12H2,1-2H3,(H,21,25)(H,22,24,26). The molecule has 0 bridgehead atoms. The van der Waals surface area contributed by atoms with Gasteiger partial charge in [-0.15, -0.1) is 10.2 Å². The van der Waals surface area contributed by atoms with E-state index in [9.17, 15) is 9.59 Å². The molecule has 1 aromatic heterocycles. The zero-order valence-corrected chi connectivity index (χ0v) is 15.4. The fraction of sp³-hybridized carbons (Fsp3) is 0.500. The van der Waals surface area contributed by atoms with Crippen LogP contribution in [0, 0.1) is 11.8 Å². The van der Waals surface area contributed by atoms with Gasteiger partial charge >= 0.3 is 0 Å². The second-order valence-electron chi connectivity index (χ2n) is 7.09. The number of H-pyrrole nitrogens is 1. The number of rotatable bonds is 5. The van der Waals surface area contributed by atoms with Gasteiger partial charge in [0.05, 0.1) is 6.04 Å². The van der Waals surface area contributed by atoms with Crippen molar-refractivity contribution in [2.24, 2.45) is 11.8 Å². The second-order valence-corrected chi connectivity index (χ2v) is 7.09. The van der Waals surface area contributed by atoms with E-state index >= 15 is 0 Å². The lowest BCUT2D eigenvalue weighted by molar-refractivity contribution is -0.128. The molecule has 0 aliphatic heterocycles. The van der Waals surface area contributed by atoms with Crippen LogP contribution >= 0.6 is 0 Å². The van der Waals surface area contributed by atoms with E-state index in [1.165, 1.54) is 6.42 Å². The summed E-state index contributed by atoms with van der Waals surface area (Å²) in [5.41, 5.74) is 0.767. The van der Waals surface area contributed by atoms with Crippen molar-refractivity contribution in [2.45, 2.75) is 52.0 Å². The third-order valence-electron chi connectivity index (χ3n) is 5.27. The molecule has 3 atom stereocenters. The van der Waals surface area contributed by atoms with E-state index in [1.54, 1.807) is 0 Å². The molecule has 1 heterocycles. The summed E-state index contributed by atoms with van der Waals surface area (Å²) in [6.07, 6.45) is 4.87. The first-order valence-corrected chi connectivity index (χ1v) is 9.42. The molecule has 138 valence electrons. The van der Waals surface area contributed by atoms with E-state index in [2.05, 4.69) is 27.4 Å². The molecular formula is C20H26N4O2. The molecule has 1 aliphatic rings. The normalized spacial score (nSPS) is 21.2. The number of benzene rings is 1. The predicted octanol–water partition coefficient (Wildman–Crippen LogP) is 3.23. The summed E-state index contributed by atoms with van der Waals surface area (Å²) in [4.78, 5) is 28.0. The van der Waals surface area contributed by atoms with Gasteiger partial charge in [0.2, 0.25) is 5.91 Å². The van der Waals surface area contributed by atoms with Gasteiger partial charge in [-0.1, -0.05) is 57.0 Å². The Morgan fingerprint density at radius 2 is 1.96 bits per heavy atom. The van der Waals surface area contributed by atoms with Crippen molar-refractivity contribution in [3.8, 4) is 11.4 Å². The van der Waals surface area contributed by atoms with Gasteiger partial charge in [-0.25, -0.2) is 0 Å². The van der Waals surface area contributed by atoms with E-state index in [0.717, 1.165) is 24.8 Å². The Labute approximate surface area is 153 Å². The number of amides is 1. The van der Waals surface area contributed by atoms with Gasteiger partial charge in [0, 0.05) is 11.5 Å². The topological polar surface area (TPSA) is 87.7 Å². The highest BCUT2D eigenvalue weighted by Crippen LogP contribution is 2.30. The molecule has 1 saturated carbocycles. The van der Waals surface area contributed by atoms with Crippen LogP contribution < -0.4 is 10.9 Å². The number of hydrogen-bond donors (Lipinski definition) is 2. The van der Waals surface area contributed by atoms with Crippen molar-refractivity contribution in [2.75, 3.05) is 0 Å². The largest absolute Gasteiger partial charge is 0.347 e. The van der Waals surface area contributed by atoms with Crippen LogP contribution in [0.25, 0.3) is 11.4 Å². The van der Waals surface area contributed by atoms with Crippen molar-refractivity contribution in [1.82, 2.24) is 20.5 Å². The Morgan fingerprint density at radius 1 is 1.23 bits per heavy atom. The Kier molecular flexibility index (Phi) is 5.81. The van der Waals surface area contributed by atoms with Crippen LogP contribution in [0.5, 0.6) is 0 Å². The average Bonchev–Trinajstić information content (AvgIpc) is 2.67. The third-order valence-corrected chi connectivity index (χ3v) is 5.27. The molecule has 3 rings (SSSR count). The summed E-state index contributed by atoms with van der Waals surface area (Å²) in [6, 6.07) is 8.97. The first-order valence-electron chi connectivity index (χ1n) is 9.42. The minimum Gasteiger partial charge on any atom is -0.347 e. The lowest BCUT2D eigenvalue weighted by Crippen LogP contribution is -2.40. The highest BCUT2D eigenvalue weighted by Gasteiger charge is 2.30. The summed E-state index contributed by atoms with van der Waals surface area (Å²) in [5.74, 6) is 0.860. The molecule has 2 N–H and O–H groups in total. The maximum Gasteiger partial charge on any atom is 0.275 e. The van der Waals surface area contributed by atoms with E-state index in [1.807, 2.05) is 37.3 Å². The summed E-state index contributed by atoms with van der Waals surface area (Å²) >= 11 is 0. The van der Waals surface area contributed by atoms with Gasteiger partial charge in [-0.05, 0) is 25.2 Å². The number of hydrogen-bond acceptors (Lipinski definition) is 4. The molecule has 0 saturated heterocycles. The monoisotopic (exact) mass is 354 g/mol. The van der Waals surface area contributed by atoms with E-state index in [-0.39, 0.29) is 23.1 Å². The summed E-state index contributed by atoms with van der Waals surface area (Å²) in [5, 5.41) is 11.3. The first-order chi connectivity index (χ1) is 12.6. The molecule has 0 spiro atoms. The van der Waals surface area contributed by atoms with Gasteiger partial charge in [0.1, 0.15) is 0 Å². The Balaban J connectivity index is 1.77. The molecule has 1 aliphatic carbocycles. The molecular weight excluding hydrogens is 328 g/mol. The lowest BCUT2D eigenvalue weighted by atomic mass is 9.80. The van der Waals surface area contributed by atoms with Crippen LogP contribution in [-0.4, -0.2) is 21.1 Å². The summed E-state index contributed by atoms with van der Waals surface area (Å²) < 4.78 is 0. The van der Waals surface area contributed by atoms with Crippen LogP contribution in [-0.2, 0) is 4.79 Å². The van der Waals surface area contributed by atoms with Gasteiger partial charge in [0.15, 0.2) is 11.5 Å². The molecule has 1 fully saturated rings. The van der Waals surface area contributed by atoms with Crippen molar-refractivity contribution in [1.29, 1.82) is 0 Å². The number of nitrogens with zero attached hydrogens (tertiary/aromatic N) is 2. The molecule has 0 radical (unpaired) electrons. The van der Waals surface area contributed by atoms with Crippen molar-refractivity contribution >= 4 is 5.91 Å². The highest BCUT2D eigenvalue weighted by atomic mass is 16.2. The molecule has 3 unspecified atom stereocenters. The highest BCUT2D eigenvalue weighted by molar-refractivity contribution is 5.79. The first kappa shape index (κ1) is 18.3. The Morgan fingerprint density at radius 3 is 2.62 bits per heavy atom. The van der Waals surface area contributed by atoms with Crippen LogP contribution in [0.1, 0.15) is 57.7 Å². The SMILES string of the molecule is CCC(NC(=O)C1CCCCC1C)c1nnc(-c2ccccc2)[nH]c1=O. The van der Waals surface area contributed by atoms with Crippen LogP contribution in [0.2, 0.25) is 0 Å². The quantitative estimate of drug-likeness (QED) is 0.863. The number of carbonyl (C=O) groups excluding carboxylic acids is 1. The molecule has 1 aromatic carbocycles. The second kappa shape index (κ2) is 8.25. The van der Waals surface area contributed by atoms with Crippen LogP contribution in [0.3, 0.4) is 0 Å².